The summed E-state index contributed by atoms with van der Waals surface area (Å²) in [5.74, 6) is -0.326. The van der Waals surface area contributed by atoms with Gasteiger partial charge in [0.1, 0.15) is 5.60 Å². The zero-order valence-corrected chi connectivity index (χ0v) is 18.8. The third-order valence-corrected chi connectivity index (χ3v) is 4.71. The largest absolute Gasteiger partial charge is 0.444 e. The lowest BCUT2D eigenvalue weighted by Crippen LogP contribution is -2.52. The normalized spacial score (nSPS) is 14.3. The maximum atomic E-state index is 12.6. The second-order valence-corrected chi connectivity index (χ2v) is 8.58. The van der Waals surface area contributed by atoms with E-state index >= 15 is 0 Å². The molecule has 0 saturated carbocycles. The van der Waals surface area contributed by atoms with Crippen LogP contribution in [0.2, 0.25) is 5.02 Å². The van der Waals surface area contributed by atoms with E-state index < -0.39 is 5.60 Å². The maximum absolute atomic E-state index is 12.6. The second kappa shape index (κ2) is 10.5. The first-order chi connectivity index (χ1) is 14.1. The van der Waals surface area contributed by atoms with Gasteiger partial charge in [0.25, 0.3) is 5.91 Å². The highest BCUT2D eigenvalue weighted by molar-refractivity contribution is 6.31. The number of nitrogens with zero attached hydrogens (tertiary/aromatic N) is 2. The van der Waals surface area contributed by atoms with E-state index in [0.29, 0.717) is 49.0 Å². The molecule has 1 fully saturated rings. The number of benzene rings is 1. The molecule has 2 N–H and O–H groups in total. The molecule has 0 aliphatic carbocycles. The number of piperazine rings is 1. The summed E-state index contributed by atoms with van der Waals surface area (Å²) >= 11 is 6.06. The van der Waals surface area contributed by atoms with Crippen LogP contribution in [0.25, 0.3) is 0 Å². The van der Waals surface area contributed by atoms with E-state index in [1.54, 1.807) is 28.0 Å². The summed E-state index contributed by atoms with van der Waals surface area (Å²) < 4.78 is 5.37. The van der Waals surface area contributed by atoms with Crippen molar-refractivity contribution in [2.24, 2.45) is 0 Å². The first kappa shape index (κ1) is 23.8. The first-order valence-electron chi connectivity index (χ1n) is 10.2. The van der Waals surface area contributed by atoms with Crippen molar-refractivity contribution in [1.29, 1.82) is 0 Å². The fourth-order valence-corrected chi connectivity index (χ4v) is 3.11. The molecule has 1 aliphatic rings. The molecule has 0 spiro atoms. The van der Waals surface area contributed by atoms with E-state index in [9.17, 15) is 14.4 Å². The predicted molar refractivity (Wildman–Crippen MR) is 117 cm³/mol. The molecule has 30 heavy (non-hydrogen) atoms. The van der Waals surface area contributed by atoms with Gasteiger partial charge in [0.15, 0.2) is 0 Å². The number of anilines is 1. The molecule has 0 unspecified atom stereocenters. The number of hydrogen-bond acceptors (Lipinski definition) is 5. The van der Waals surface area contributed by atoms with Crippen LogP contribution in [0.1, 0.15) is 44.5 Å². The molecule has 0 radical (unpaired) electrons. The minimum Gasteiger partial charge on any atom is -0.444 e. The van der Waals surface area contributed by atoms with Crippen molar-refractivity contribution >= 4 is 35.2 Å². The van der Waals surface area contributed by atoms with E-state index in [1.165, 1.54) is 0 Å². The van der Waals surface area contributed by atoms with Crippen molar-refractivity contribution in [3.8, 4) is 0 Å². The molecule has 1 aromatic rings. The maximum Gasteiger partial charge on any atom is 0.410 e. The van der Waals surface area contributed by atoms with E-state index in [1.807, 2.05) is 27.7 Å². The van der Waals surface area contributed by atoms with Crippen molar-refractivity contribution < 1.29 is 19.1 Å². The molecule has 166 valence electrons. The van der Waals surface area contributed by atoms with Crippen LogP contribution in [0.15, 0.2) is 18.2 Å². The van der Waals surface area contributed by atoms with Gasteiger partial charge >= 0.3 is 6.09 Å². The number of carbonyl (C=O) groups excluding carboxylic acids is 3. The Balaban J connectivity index is 1.90. The Kier molecular flexibility index (Phi) is 8.34. The van der Waals surface area contributed by atoms with Gasteiger partial charge in [-0.15, -0.1) is 0 Å². The quantitative estimate of drug-likeness (QED) is 0.712. The molecule has 1 heterocycles. The monoisotopic (exact) mass is 438 g/mol. The topological polar surface area (TPSA) is 91.0 Å². The Morgan fingerprint density at radius 1 is 1.10 bits per heavy atom. The summed E-state index contributed by atoms with van der Waals surface area (Å²) in [4.78, 5) is 40.4. The summed E-state index contributed by atoms with van der Waals surface area (Å²) in [6.45, 7) is 9.74. The van der Waals surface area contributed by atoms with Gasteiger partial charge in [-0.2, -0.15) is 0 Å². The Morgan fingerprint density at radius 3 is 2.33 bits per heavy atom. The van der Waals surface area contributed by atoms with Gasteiger partial charge in [0, 0.05) is 43.4 Å². The zero-order valence-electron chi connectivity index (χ0n) is 18.1. The zero-order chi connectivity index (χ0) is 22.3. The third kappa shape index (κ3) is 7.09. The van der Waals surface area contributed by atoms with Gasteiger partial charge in [-0.1, -0.05) is 18.5 Å². The predicted octanol–water partition coefficient (Wildman–Crippen LogP) is 2.97. The van der Waals surface area contributed by atoms with Crippen molar-refractivity contribution in [3.63, 3.8) is 0 Å². The number of nitrogens with one attached hydrogen (secondary N) is 2. The lowest BCUT2D eigenvalue weighted by Gasteiger charge is -2.35. The lowest BCUT2D eigenvalue weighted by atomic mass is 10.1. The number of halogens is 1. The molecule has 1 aliphatic heterocycles. The molecule has 1 saturated heterocycles. The van der Waals surface area contributed by atoms with E-state index in [-0.39, 0.29) is 24.5 Å². The van der Waals surface area contributed by atoms with Gasteiger partial charge < -0.3 is 25.2 Å². The highest BCUT2D eigenvalue weighted by atomic mass is 35.5. The Labute approximate surface area is 182 Å². The number of rotatable bonds is 6. The molecule has 1 aromatic carbocycles. The van der Waals surface area contributed by atoms with E-state index in [0.717, 1.165) is 6.42 Å². The van der Waals surface area contributed by atoms with Crippen molar-refractivity contribution in [3.05, 3.63) is 28.8 Å². The van der Waals surface area contributed by atoms with Crippen LogP contribution in [-0.4, -0.2) is 72.6 Å². The molecular formula is C21H31ClN4O4. The highest BCUT2D eigenvalue weighted by Crippen LogP contribution is 2.21. The Hall–Kier alpha value is -2.48. The third-order valence-electron chi connectivity index (χ3n) is 4.48. The molecular weight excluding hydrogens is 408 g/mol. The van der Waals surface area contributed by atoms with Gasteiger partial charge in [-0.3, -0.25) is 9.59 Å². The van der Waals surface area contributed by atoms with Gasteiger partial charge in [0.05, 0.1) is 12.1 Å². The SMILES string of the molecule is CCCNC(=O)c1ccc(Cl)cc1NCC(=O)N1CCN(C(=O)OC(C)(C)C)CC1. The van der Waals surface area contributed by atoms with Crippen LogP contribution in [0.3, 0.4) is 0 Å². The molecule has 3 amide bonds. The minimum atomic E-state index is -0.550. The van der Waals surface area contributed by atoms with Crippen LogP contribution < -0.4 is 10.6 Å². The first-order valence-corrected chi connectivity index (χ1v) is 10.6. The van der Waals surface area contributed by atoms with Crippen LogP contribution >= 0.6 is 11.6 Å². The summed E-state index contributed by atoms with van der Waals surface area (Å²) in [5, 5.41) is 6.33. The highest BCUT2D eigenvalue weighted by Gasteiger charge is 2.27. The van der Waals surface area contributed by atoms with E-state index in [2.05, 4.69) is 10.6 Å². The lowest BCUT2D eigenvalue weighted by molar-refractivity contribution is -0.131. The van der Waals surface area contributed by atoms with Gasteiger partial charge in [0.2, 0.25) is 5.91 Å². The smallest absolute Gasteiger partial charge is 0.410 e. The van der Waals surface area contributed by atoms with Crippen molar-refractivity contribution in [2.75, 3.05) is 44.6 Å². The van der Waals surface area contributed by atoms with Gasteiger partial charge in [-0.05, 0) is 45.4 Å². The molecule has 8 nitrogen and oxygen atoms in total. The van der Waals surface area contributed by atoms with Crippen LogP contribution in [0.4, 0.5) is 10.5 Å². The van der Waals surface area contributed by atoms with Crippen molar-refractivity contribution in [1.82, 2.24) is 15.1 Å². The number of ether oxygens (including phenoxy) is 1. The van der Waals surface area contributed by atoms with Crippen molar-refractivity contribution in [2.45, 2.75) is 39.7 Å². The summed E-state index contributed by atoms with van der Waals surface area (Å²) in [6.07, 6.45) is 0.463. The molecule has 2 rings (SSSR count). The average Bonchev–Trinajstić information content (AvgIpc) is 2.69. The number of carbonyl (C=O) groups is 3. The van der Waals surface area contributed by atoms with E-state index in [4.69, 9.17) is 16.3 Å². The van der Waals surface area contributed by atoms with Crippen LogP contribution in [-0.2, 0) is 9.53 Å². The average molecular weight is 439 g/mol. The molecule has 9 heteroatoms. The fourth-order valence-electron chi connectivity index (χ4n) is 2.94. The standard InChI is InChI=1S/C21H31ClN4O4/c1-5-8-23-19(28)16-7-6-15(22)13-17(16)24-14-18(27)25-9-11-26(12-10-25)20(29)30-21(2,3)4/h6-7,13,24H,5,8-12,14H2,1-4H3,(H,23,28). The fraction of sp³-hybridized carbons (Fsp3) is 0.571. The Morgan fingerprint density at radius 2 is 1.73 bits per heavy atom. The van der Waals surface area contributed by atoms with Crippen LogP contribution in [0, 0.1) is 0 Å². The summed E-state index contributed by atoms with van der Waals surface area (Å²) in [6, 6.07) is 4.92. The second-order valence-electron chi connectivity index (χ2n) is 8.15. The summed E-state index contributed by atoms with van der Waals surface area (Å²) in [7, 11) is 0. The summed E-state index contributed by atoms with van der Waals surface area (Å²) in [5.41, 5.74) is 0.402. The molecule has 0 aromatic heterocycles. The van der Waals surface area contributed by atoms with Crippen LogP contribution in [0.5, 0.6) is 0 Å². The Bertz CT molecular complexity index is 771. The minimum absolute atomic E-state index is 0.0286. The number of hydrogen-bond donors (Lipinski definition) is 2. The number of amides is 3. The molecule has 0 atom stereocenters. The molecule has 0 bridgehead atoms. The van der Waals surface area contributed by atoms with Gasteiger partial charge in [-0.25, -0.2) is 4.79 Å².